The molecule has 0 bridgehead atoms. The van der Waals surface area contributed by atoms with Gasteiger partial charge in [-0.25, -0.2) is 0 Å². The fraction of sp³-hybridized carbons (Fsp3) is 0.500. The maximum absolute atomic E-state index is 5.69. The number of benzene rings is 1. The molecule has 0 spiro atoms. The summed E-state index contributed by atoms with van der Waals surface area (Å²) in [7, 11) is 0. The lowest BCUT2D eigenvalue weighted by molar-refractivity contribution is 0.306. The van der Waals surface area contributed by atoms with E-state index in [-0.39, 0.29) is 0 Å². The minimum absolute atomic E-state index is 0.824. The molecule has 0 aromatic heterocycles. The SMILES string of the molecule is CCCCCOc1ccc(C=C(CC)CBr)cc1. The molecule has 0 saturated heterocycles. The Bertz CT molecular complexity index is 348. The zero-order chi connectivity index (χ0) is 13.2. The van der Waals surface area contributed by atoms with Crippen LogP contribution >= 0.6 is 15.9 Å². The Hall–Kier alpha value is -0.760. The number of ether oxygens (including phenoxy) is 1. The molecule has 0 radical (unpaired) electrons. The van der Waals surface area contributed by atoms with Crippen molar-refractivity contribution in [2.24, 2.45) is 0 Å². The maximum Gasteiger partial charge on any atom is 0.119 e. The number of hydrogen-bond donors (Lipinski definition) is 0. The highest BCUT2D eigenvalue weighted by atomic mass is 79.9. The van der Waals surface area contributed by atoms with Gasteiger partial charge < -0.3 is 4.74 Å². The van der Waals surface area contributed by atoms with Gasteiger partial charge in [0.2, 0.25) is 0 Å². The van der Waals surface area contributed by atoms with Crippen molar-refractivity contribution < 1.29 is 4.74 Å². The molecule has 0 aliphatic rings. The summed E-state index contributed by atoms with van der Waals surface area (Å²) in [4.78, 5) is 0. The Morgan fingerprint density at radius 2 is 1.89 bits per heavy atom. The van der Waals surface area contributed by atoms with Gasteiger partial charge in [0.05, 0.1) is 6.61 Å². The van der Waals surface area contributed by atoms with Gasteiger partial charge in [-0.1, -0.05) is 66.4 Å². The van der Waals surface area contributed by atoms with E-state index in [2.05, 4.69) is 60.1 Å². The fourth-order valence-electron chi connectivity index (χ4n) is 1.67. The summed E-state index contributed by atoms with van der Waals surface area (Å²) < 4.78 is 5.69. The molecule has 2 heteroatoms. The maximum atomic E-state index is 5.69. The van der Waals surface area contributed by atoms with Crippen LogP contribution in [0.4, 0.5) is 0 Å². The van der Waals surface area contributed by atoms with Gasteiger partial charge in [-0.15, -0.1) is 0 Å². The van der Waals surface area contributed by atoms with Crippen LogP contribution < -0.4 is 4.74 Å². The third-order valence-electron chi connectivity index (χ3n) is 2.89. The van der Waals surface area contributed by atoms with Gasteiger partial charge in [0, 0.05) is 5.33 Å². The first-order valence-corrected chi connectivity index (χ1v) is 7.90. The second kappa shape index (κ2) is 9.21. The number of hydrogen-bond acceptors (Lipinski definition) is 1. The number of unbranched alkanes of at least 4 members (excludes halogenated alkanes) is 2. The molecule has 0 aliphatic heterocycles. The first-order valence-electron chi connectivity index (χ1n) is 6.78. The zero-order valence-electron chi connectivity index (χ0n) is 11.4. The predicted octanol–water partition coefficient (Wildman–Crippen LogP) is 5.44. The Morgan fingerprint density at radius 3 is 2.44 bits per heavy atom. The smallest absolute Gasteiger partial charge is 0.119 e. The van der Waals surface area contributed by atoms with Crippen molar-refractivity contribution in [2.75, 3.05) is 11.9 Å². The molecule has 0 atom stereocenters. The van der Waals surface area contributed by atoms with Crippen LogP contribution in [-0.2, 0) is 0 Å². The molecule has 18 heavy (non-hydrogen) atoms. The largest absolute Gasteiger partial charge is 0.494 e. The van der Waals surface area contributed by atoms with Crippen molar-refractivity contribution >= 4 is 22.0 Å². The van der Waals surface area contributed by atoms with E-state index in [0.717, 1.165) is 30.5 Å². The van der Waals surface area contributed by atoms with Crippen molar-refractivity contribution in [3.05, 3.63) is 35.4 Å². The van der Waals surface area contributed by atoms with Crippen LogP contribution in [0.3, 0.4) is 0 Å². The number of rotatable bonds is 8. The molecule has 1 aromatic carbocycles. The highest BCUT2D eigenvalue weighted by Gasteiger charge is 1.96. The Morgan fingerprint density at radius 1 is 1.17 bits per heavy atom. The second-order valence-corrected chi connectivity index (χ2v) is 4.98. The third kappa shape index (κ3) is 5.72. The molecule has 1 nitrogen and oxygen atoms in total. The normalized spacial score (nSPS) is 11.6. The van der Waals surface area contributed by atoms with Crippen molar-refractivity contribution in [1.29, 1.82) is 0 Å². The predicted molar refractivity (Wildman–Crippen MR) is 83.5 cm³/mol. The quantitative estimate of drug-likeness (QED) is 0.458. The highest BCUT2D eigenvalue weighted by Crippen LogP contribution is 2.16. The van der Waals surface area contributed by atoms with Crippen LogP contribution in [-0.4, -0.2) is 11.9 Å². The molecule has 0 amide bonds. The summed E-state index contributed by atoms with van der Waals surface area (Å²) in [5.41, 5.74) is 2.65. The lowest BCUT2D eigenvalue weighted by Gasteiger charge is -2.06. The van der Waals surface area contributed by atoms with E-state index in [9.17, 15) is 0 Å². The summed E-state index contributed by atoms with van der Waals surface area (Å²) in [5, 5.41) is 0.943. The highest BCUT2D eigenvalue weighted by molar-refractivity contribution is 9.09. The van der Waals surface area contributed by atoms with Crippen molar-refractivity contribution in [2.45, 2.75) is 39.5 Å². The number of halogens is 1. The van der Waals surface area contributed by atoms with Crippen molar-refractivity contribution in [3.8, 4) is 5.75 Å². The number of allylic oxidation sites excluding steroid dienone is 1. The molecule has 0 N–H and O–H groups in total. The van der Waals surface area contributed by atoms with E-state index in [4.69, 9.17) is 4.74 Å². The van der Waals surface area contributed by atoms with Crippen LogP contribution in [0.1, 0.15) is 45.1 Å². The van der Waals surface area contributed by atoms with Crippen LogP contribution in [0.5, 0.6) is 5.75 Å². The van der Waals surface area contributed by atoms with E-state index < -0.39 is 0 Å². The number of alkyl halides is 1. The lowest BCUT2D eigenvalue weighted by atomic mass is 10.1. The van der Waals surface area contributed by atoms with Crippen molar-refractivity contribution in [1.82, 2.24) is 0 Å². The van der Waals surface area contributed by atoms with Crippen LogP contribution in [0, 0.1) is 0 Å². The average Bonchev–Trinajstić information content (AvgIpc) is 2.42. The first-order chi connectivity index (χ1) is 8.80. The summed E-state index contributed by atoms with van der Waals surface area (Å²) in [5.74, 6) is 0.972. The molecule has 0 heterocycles. The van der Waals surface area contributed by atoms with E-state index in [1.807, 2.05) is 0 Å². The van der Waals surface area contributed by atoms with Crippen molar-refractivity contribution in [3.63, 3.8) is 0 Å². The van der Waals surface area contributed by atoms with E-state index >= 15 is 0 Å². The standard InChI is InChI=1S/C16H23BrO/c1-3-5-6-11-18-16-9-7-15(8-10-16)12-14(4-2)13-17/h7-10,12H,3-6,11,13H2,1-2H3. The van der Waals surface area contributed by atoms with Crippen LogP contribution in [0.25, 0.3) is 6.08 Å². The Balaban J connectivity index is 2.49. The molecule has 0 unspecified atom stereocenters. The Kier molecular flexibility index (Phi) is 7.83. The van der Waals surface area contributed by atoms with Gasteiger partial charge in [-0.2, -0.15) is 0 Å². The van der Waals surface area contributed by atoms with E-state index in [1.54, 1.807) is 0 Å². The van der Waals surface area contributed by atoms with Gasteiger partial charge in [-0.05, 0) is 30.5 Å². The molecule has 1 aromatic rings. The topological polar surface area (TPSA) is 9.23 Å². The third-order valence-corrected chi connectivity index (χ3v) is 3.61. The van der Waals surface area contributed by atoms with Crippen LogP contribution in [0.2, 0.25) is 0 Å². The van der Waals surface area contributed by atoms with E-state index in [1.165, 1.54) is 24.0 Å². The zero-order valence-corrected chi connectivity index (χ0v) is 13.0. The van der Waals surface area contributed by atoms with Gasteiger partial charge >= 0.3 is 0 Å². The first kappa shape index (κ1) is 15.3. The Labute approximate surface area is 119 Å². The van der Waals surface area contributed by atoms with E-state index in [0.29, 0.717) is 0 Å². The molecular weight excluding hydrogens is 288 g/mol. The summed E-state index contributed by atoms with van der Waals surface area (Å²) in [6.45, 7) is 5.21. The minimum Gasteiger partial charge on any atom is -0.494 e. The minimum atomic E-state index is 0.824. The van der Waals surface area contributed by atoms with Gasteiger partial charge in [0.1, 0.15) is 5.75 Å². The fourth-order valence-corrected chi connectivity index (χ4v) is 2.23. The molecule has 100 valence electrons. The summed E-state index contributed by atoms with van der Waals surface area (Å²) >= 11 is 3.50. The monoisotopic (exact) mass is 310 g/mol. The lowest BCUT2D eigenvalue weighted by Crippen LogP contribution is -1.96. The van der Waals surface area contributed by atoms with Gasteiger partial charge in [0.15, 0.2) is 0 Å². The molecule has 0 aliphatic carbocycles. The van der Waals surface area contributed by atoms with Gasteiger partial charge in [-0.3, -0.25) is 0 Å². The summed E-state index contributed by atoms with van der Waals surface area (Å²) in [6, 6.07) is 8.35. The van der Waals surface area contributed by atoms with Crippen LogP contribution in [0.15, 0.2) is 29.8 Å². The average molecular weight is 311 g/mol. The molecule has 0 saturated carbocycles. The second-order valence-electron chi connectivity index (χ2n) is 4.41. The molecule has 1 rings (SSSR count). The molecule has 0 fully saturated rings. The molecular formula is C16H23BrO. The summed E-state index contributed by atoms with van der Waals surface area (Å²) in [6.07, 6.45) is 6.93. The van der Waals surface area contributed by atoms with Gasteiger partial charge in [0.25, 0.3) is 0 Å².